The second kappa shape index (κ2) is 7.44. The number of carbonyl (C=O) groups is 1. The van der Waals surface area contributed by atoms with Crippen LogP contribution in [0.25, 0.3) is 10.9 Å². The maximum Gasteiger partial charge on any atom is 0.416 e. The van der Waals surface area contributed by atoms with Crippen molar-refractivity contribution in [3.8, 4) is 0 Å². The summed E-state index contributed by atoms with van der Waals surface area (Å²) in [4.78, 5) is 28.1. The molecule has 0 spiro atoms. The molecule has 2 aromatic carbocycles. The van der Waals surface area contributed by atoms with Gasteiger partial charge < -0.3 is 0 Å². The molecule has 0 radical (unpaired) electrons. The maximum atomic E-state index is 13.3. The summed E-state index contributed by atoms with van der Waals surface area (Å²) in [5, 5.41) is 8.55. The van der Waals surface area contributed by atoms with Crippen molar-refractivity contribution in [2.45, 2.75) is 18.9 Å². The van der Waals surface area contributed by atoms with E-state index in [9.17, 15) is 35.9 Å². The van der Waals surface area contributed by atoms with Crippen LogP contribution in [0, 0.1) is 0 Å². The van der Waals surface area contributed by atoms with Gasteiger partial charge in [0.25, 0.3) is 11.5 Å². The highest BCUT2D eigenvalue weighted by molar-refractivity contribution is 5.97. The van der Waals surface area contributed by atoms with E-state index in [0.29, 0.717) is 12.1 Å². The monoisotopic (exact) mass is 431 g/mol. The lowest BCUT2D eigenvalue weighted by Crippen LogP contribution is -2.24. The number of rotatable bonds is 3. The Morgan fingerprint density at radius 1 is 1.03 bits per heavy atom. The van der Waals surface area contributed by atoms with Crippen LogP contribution in [0.3, 0.4) is 0 Å². The van der Waals surface area contributed by atoms with E-state index in [1.807, 2.05) is 0 Å². The minimum atomic E-state index is -5.09. The Labute approximate surface area is 163 Å². The number of halogens is 6. The van der Waals surface area contributed by atoms with E-state index in [2.05, 4.69) is 4.98 Å². The number of nitrogens with one attached hydrogen (secondary N) is 1. The Kier molecular flexibility index (Phi) is 5.29. The fraction of sp³-hybridized carbons (Fsp3) is 0.167. The van der Waals surface area contributed by atoms with Crippen LogP contribution in [-0.2, 0) is 18.9 Å². The summed E-state index contributed by atoms with van der Waals surface area (Å²) < 4.78 is 79.1. The van der Waals surface area contributed by atoms with E-state index in [1.165, 1.54) is 17.6 Å². The number of carbonyl (C=O) groups excluding carboxylic acids is 1. The van der Waals surface area contributed by atoms with Gasteiger partial charge in [-0.05, 0) is 35.9 Å². The van der Waals surface area contributed by atoms with Crippen molar-refractivity contribution in [1.82, 2.24) is 15.0 Å². The SMILES string of the molecule is O=C(NO)c1ccc2ncn(Cc3ccc(C(F)(F)F)cc3C(F)(F)F)c(=O)c2c1. The summed E-state index contributed by atoms with van der Waals surface area (Å²) in [6.07, 6.45) is -9.10. The first-order valence-corrected chi connectivity index (χ1v) is 8.13. The number of benzene rings is 2. The zero-order valence-corrected chi connectivity index (χ0v) is 14.7. The highest BCUT2D eigenvalue weighted by Crippen LogP contribution is 2.37. The molecule has 6 nitrogen and oxygen atoms in total. The molecule has 0 saturated carbocycles. The summed E-state index contributed by atoms with van der Waals surface area (Å²) in [7, 11) is 0. The first-order chi connectivity index (χ1) is 13.9. The summed E-state index contributed by atoms with van der Waals surface area (Å²) in [5.74, 6) is -0.922. The molecule has 1 aromatic heterocycles. The molecule has 2 N–H and O–H groups in total. The fourth-order valence-corrected chi connectivity index (χ4v) is 2.82. The molecule has 12 heteroatoms. The largest absolute Gasteiger partial charge is 0.416 e. The third kappa shape index (κ3) is 4.13. The predicted octanol–water partition coefficient (Wildman–Crippen LogP) is 3.60. The lowest BCUT2D eigenvalue weighted by atomic mass is 10.0. The van der Waals surface area contributed by atoms with Gasteiger partial charge in [0.2, 0.25) is 0 Å². The lowest BCUT2D eigenvalue weighted by Gasteiger charge is -2.16. The zero-order chi connectivity index (χ0) is 22.3. The van der Waals surface area contributed by atoms with Crippen LogP contribution in [0.5, 0.6) is 0 Å². The molecule has 0 atom stereocenters. The Morgan fingerprint density at radius 2 is 1.73 bits per heavy atom. The van der Waals surface area contributed by atoms with Crippen molar-refractivity contribution in [2.24, 2.45) is 0 Å². The van der Waals surface area contributed by atoms with Gasteiger partial charge in [-0.15, -0.1) is 0 Å². The summed E-state index contributed by atoms with van der Waals surface area (Å²) in [6, 6.07) is 4.78. The second-order valence-electron chi connectivity index (χ2n) is 6.22. The summed E-state index contributed by atoms with van der Waals surface area (Å²) in [6.45, 7) is -0.703. The molecular weight excluding hydrogens is 420 g/mol. The van der Waals surface area contributed by atoms with Gasteiger partial charge in [0, 0.05) is 5.56 Å². The highest BCUT2D eigenvalue weighted by Gasteiger charge is 2.38. The van der Waals surface area contributed by atoms with Crippen molar-refractivity contribution in [3.63, 3.8) is 0 Å². The standard InChI is InChI=1S/C18H11F6N3O3/c19-17(20,21)11-3-1-10(13(6-11)18(22,23)24)7-27-8-25-14-4-2-9(15(28)26-30)5-12(14)16(27)29/h1-6,8,30H,7H2,(H,26,28). The molecule has 0 unspecified atom stereocenters. The topological polar surface area (TPSA) is 84.2 Å². The average molecular weight is 431 g/mol. The van der Waals surface area contributed by atoms with Crippen LogP contribution in [0.2, 0.25) is 0 Å². The maximum absolute atomic E-state index is 13.3. The van der Waals surface area contributed by atoms with Gasteiger partial charge in [0.1, 0.15) is 0 Å². The van der Waals surface area contributed by atoms with Crippen molar-refractivity contribution in [1.29, 1.82) is 0 Å². The van der Waals surface area contributed by atoms with Crippen LogP contribution in [0.1, 0.15) is 27.0 Å². The number of fused-ring (bicyclic) bond motifs is 1. The molecule has 1 heterocycles. The van der Waals surface area contributed by atoms with Gasteiger partial charge in [-0.3, -0.25) is 19.4 Å². The average Bonchev–Trinajstić information content (AvgIpc) is 2.68. The molecule has 3 aromatic rings. The molecule has 3 rings (SSSR count). The Hall–Kier alpha value is -3.41. The molecule has 0 aliphatic heterocycles. The van der Waals surface area contributed by atoms with Crippen LogP contribution in [0.4, 0.5) is 26.3 Å². The molecular formula is C18H11F6N3O3. The van der Waals surface area contributed by atoms with Crippen LogP contribution < -0.4 is 11.0 Å². The lowest BCUT2D eigenvalue weighted by molar-refractivity contribution is -0.143. The first-order valence-electron chi connectivity index (χ1n) is 8.13. The number of aromatic nitrogens is 2. The van der Waals surface area contributed by atoms with Crippen molar-refractivity contribution in [2.75, 3.05) is 0 Å². The van der Waals surface area contributed by atoms with E-state index in [4.69, 9.17) is 5.21 Å². The fourth-order valence-electron chi connectivity index (χ4n) is 2.82. The van der Waals surface area contributed by atoms with Crippen molar-refractivity contribution >= 4 is 16.8 Å². The van der Waals surface area contributed by atoms with E-state index in [0.717, 1.165) is 17.0 Å². The number of nitrogens with zero attached hydrogens (tertiary/aromatic N) is 2. The summed E-state index contributed by atoms with van der Waals surface area (Å²) in [5.41, 5.74) is -2.98. The number of alkyl halides is 6. The van der Waals surface area contributed by atoms with Gasteiger partial charge in [0.15, 0.2) is 0 Å². The van der Waals surface area contributed by atoms with Gasteiger partial charge in [-0.2, -0.15) is 26.3 Å². The molecule has 0 fully saturated rings. The smallest absolute Gasteiger partial charge is 0.294 e. The van der Waals surface area contributed by atoms with E-state index in [-0.39, 0.29) is 22.5 Å². The molecule has 1 amide bonds. The minimum Gasteiger partial charge on any atom is -0.294 e. The normalized spacial score (nSPS) is 12.2. The van der Waals surface area contributed by atoms with Gasteiger partial charge in [0.05, 0.1) is 34.9 Å². The molecule has 30 heavy (non-hydrogen) atoms. The molecule has 0 aliphatic carbocycles. The number of amides is 1. The first kappa shape index (κ1) is 21.3. The quantitative estimate of drug-likeness (QED) is 0.377. The summed E-state index contributed by atoms with van der Waals surface area (Å²) >= 11 is 0. The molecule has 0 aliphatic rings. The Balaban J connectivity index is 2.11. The van der Waals surface area contributed by atoms with Gasteiger partial charge in [-0.1, -0.05) is 6.07 Å². The molecule has 0 bridgehead atoms. The van der Waals surface area contributed by atoms with Crippen LogP contribution >= 0.6 is 0 Å². The molecule has 0 saturated heterocycles. The van der Waals surface area contributed by atoms with E-state index >= 15 is 0 Å². The van der Waals surface area contributed by atoms with Crippen molar-refractivity contribution in [3.05, 3.63) is 75.3 Å². The minimum absolute atomic E-state index is 0.0153. The number of hydrogen-bond donors (Lipinski definition) is 2. The van der Waals surface area contributed by atoms with E-state index < -0.39 is 47.1 Å². The Morgan fingerprint density at radius 3 is 2.33 bits per heavy atom. The zero-order valence-electron chi connectivity index (χ0n) is 14.7. The number of hydroxylamine groups is 1. The van der Waals surface area contributed by atoms with E-state index in [1.54, 1.807) is 0 Å². The second-order valence-corrected chi connectivity index (χ2v) is 6.22. The number of hydrogen-bond acceptors (Lipinski definition) is 4. The Bertz CT molecular complexity index is 1180. The third-order valence-corrected chi connectivity index (χ3v) is 4.27. The van der Waals surface area contributed by atoms with Crippen molar-refractivity contribution < 1.29 is 36.3 Å². The van der Waals surface area contributed by atoms with Crippen LogP contribution in [0.15, 0.2) is 47.5 Å². The van der Waals surface area contributed by atoms with Gasteiger partial charge >= 0.3 is 12.4 Å². The predicted molar refractivity (Wildman–Crippen MR) is 90.8 cm³/mol. The molecule has 158 valence electrons. The van der Waals surface area contributed by atoms with Gasteiger partial charge in [-0.25, -0.2) is 10.5 Å². The highest BCUT2D eigenvalue weighted by atomic mass is 19.4. The van der Waals surface area contributed by atoms with Crippen LogP contribution in [-0.4, -0.2) is 20.7 Å². The third-order valence-electron chi connectivity index (χ3n) is 4.27.